The van der Waals surface area contributed by atoms with Crippen LogP contribution in [0, 0.1) is 11.3 Å². The number of amides is 1. The molecule has 0 heterocycles. The van der Waals surface area contributed by atoms with Crippen LogP contribution >= 0.6 is 0 Å². The molecule has 100 valence electrons. The van der Waals surface area contributed by atoms with Crippen LogP contribution in [0.4, 0.5) is 18.9 Å². The second-order valence-electron chi connectivity index (χ2n) is 3.57. The van der Waals surface area contributed by atoms with Gasteiger partial charge in [-0.05, 0) is 19.1 Å². The molecule has 0 unspecified atom stereocenters. The summed E-state index contributed by atoms with van der Waals surface area (Å²) in [6.45, 7) is 1.09. The number of para-hydroxylation sites is 1. The maximum Gasteiger partial charge on any atom is 0.418 e. The van der Waals surface area contributed by atoms with Crippen molar-refractivity contribution in [1.29, 1.82) is 5.26 Å². The molecule has 4 nitrogen and oxygen atoms in total. The Hall–Kier alpha value is -2.49. The van der Waals surface area contributed by atoms with Crippen molar-refractivity contribution >= 4 is 11.6 Å². The number of rotatable bonds is 2. The highest BCUT2D eigenvalue weighted by atomic mass is 19.4. The molecule has 1 amide bonds. The molecule has 19 heavy (non-hydrogen) atoms. The first-order valence-electron chi connectivity index (χ1n) is 5.05. The van der Waals surface area contributed by atoms with Crippen LogP contribution in [0.25, 0.3) is 0 Å². The molecule has 1 aromatic carbocycles. The van der Waals surface area contributed by atoms with Crippen molar-refractivity contribution in [2.45, 2.75) is 13.1 Å². The summed E-state index contributed by atoms with van der Waals surface area (Å²) in [7, 11) is 0. The van der Waals surface area contributed by atoms with E-state index in [2.05, 4.69) is 0 Å². The molecule has 1 rings (SSSR count). The molecule has 0 radical (unpaired) electrons. The van der Waals surface area contributed by atoms with Gasteiger partial charge < -0.3 is 10.4 Å². The van der Waals surface area contributed by atoms with Gasteiger partial charge in [-0.1, -0.05) is 12.1 Å². The van der Waals surface area contributed by atoms with E-state index in [1.54, 1.807) is 0 Å². The van der Waals surface area contributed by atoms with E-state index in [0.29, 0.717) is 0 Å². The molecule has 0 bridgehead atoms. The number of carbonyl (C=O) groups excluding carboxylic acids is 1. The lowest BCUT2D eigenvalue weighted by Crippen LogP contribution is -2.18. The number of hydrogen-bond donors (Lipinski definition) is 2. The number of carbonyl (C=O) groups is 1. The Morgan fingerprint density at radius 1 is 1.37 bits per heavy atom. The third kappa shape index (κ3) is 3.48. The zero-order valence-electron chi connectivity index (χ0n) is 9.75. The van der Waals surface area contributed by atoms with Crippen LogP contribution in [0.2, 0.25) is 0 Å². The molecule has 0 aliphatic rings. The van der Waals surface area contributed by atoms with Gasteiger partial charge in [-0.15, -0.1) is 0 Å². The molecule has 0 fully saturated rings. The van der Waals surface area contributed by atoms with E-state index in [4.69, 9.17) is 10.4 Å². The maximum atomic E-state index is 12.7. The third-order valence-corrected chi connectivity index (χ3v) is 2.18. The Balaban J connectivity index is 3.13. The van der Waals surface area contributed by atoms with Gasteiger partial charge >= 0.3 is 6.18 Å². The fourth-order valence-electron chi connectivity index (χ4n) is 1.32. The fraction of sp³-hybridized carbons (Fsp3) is 0.167. The average Bonchev–Trinajstić information content (AvgIpc) is 2.28. The smallest absolute Gasteiger partial charge is 0.418 e. The number of halogens is 3. The van der Waals surface area contributed by atoms with E-state index >= 15 is 0 Å². The minimum atomic E-state index is -4.63. The number of aliphatic hydroxyl groups excluding tert-OH is 1. The average molecular weight is 270 g/mol. The predicted molar refractivity (Wildman–Crippen MR) is 61.0 cm³/mol. The topological polar surface area (TPSA) is 73.1 Å². The van der Waals surface area contributed by atoms with Crippen molar-refractivity contribution in [3.63, 3.8) is 0 Å². The molecule has 0 aromatic heterocycles. The van der Waals surface area contributed by atoms with E-state index in [1.165, 1.54) is 18.2 Å². The molecular weight excluding hydrogens is 261 g/mol. The molecule has 2 N–H and O–H groups in total. The Bertz CT molecular complexity index is 567. The van der Waals surface area contributed by atoms with Crippen LogP contribution in [0.1, 0.15) is 12.5 Å². The first-order valence-corrected chi connectivity index (χ1v) is 5.05. The number of alkyl halides is 3. The van der Waals surface area contributed by atoms with E-state index in [9.17, 15) is 18.0 Å². The second kappa shape index (κ2) is 5.44. The van der Waals surface area contributed by atoms with Gasteiger partial charge in [0, 0.05) is 0 Å². The number of nitrogens with one attached hydrogen (secondary N) is 1. The molecule has 1 aromatic rings. The van der Waals surface area contributed by atoms with Crippen LogP contribution in [0.3, 0.4) is 0 Å². The van der Waals surface area contributed by atoms with Crippen LogP contribution in [-0.2, 0) is 11.0 Å². The number of benzene rings is 1. The zero-order valence-corrected chi connectivity index (χ0v) is 9.75. The fourth-order valence-corrected chi connectivity index (χ4v) is 1.32. The van der Waals surface area contributed by atoms with Gasteiger partial charge in [0.25, 0.3) is 5.91 Å². The molecule has 0 aliphatic heterocycles. The number of nitrogens with zero attached hydrogens (tertiary/aromatic N) is 1. The van der Waals surface area contributed by atoms with Crippen molar-refractivity contribution in [3.05, 3.63) is 41.2 Å². The van der Waals surface area contributed by atoms with Gasteiger partial charge in [0.15, 0.2) is 5.57 Å². The van der Waals surface area contributed by atoms with Crippen molar-refractivity contribution in [1.82, 2.24) is 0 Å². The van der Waals surface area contributed by atoms with Gasteiger partial charge in [-0.25, -0.2) is 0 Å². The van der Waals surface area contributed by atoms with Crippen LogP contribution in [0.15, 0.2) is 35.6 Å². The highest BCUT2D eigenvalue weighted by Crippen LogP contribution is 2.34. The van der Waals surface area contributed by atoms with Gasteiger partial charge in [0.2, 0.25) is 0 Å². The Kier molecular flexibility index (Phi) is 4.17. The number of nitriles is 1. The number of anilines is 1. The largest absolute Gasteiger partial charge is 0.511 e. The molecular formula is C12H9F3N2O2. The highest BCUT2D eigenvalue weighted by molar-refractivity contribution is 6.07. The monoisotopic (exact) mass is 270 g/mol. The summed E-state index contributed by atoms with van der Waals surface area (Å²) in [5.41, 5.74) is -2.15. The van der Waals surface area contributed by atoms with Gasteiger partial charge in [-0.2, -0.15) is 18.4 Å². The minimum absolute atomic E-state index is 0.478. The molecule has 0 atom stereocenters. The first kappa shape index (κ1) is 14.6. The molecule has 0 aliphatic carbocycles. The SMILES string of the molecule is CC(O)=C(C#N)C(=O)Nc1ccccc1C(F)(F)F. The summed E-state index contributed by atoms with van der Waals surface area (Å²) < 4.78 is 38.0. The Morgan fingerprint density at radius 3 is 2.42 bits per heavy atom. The quantitative estimate of drug-likeness (QED) is 0.493. The van der Waals surface area contributed by atoms with E-state index in [0.717, 1.165) is 19.1 Å². The van der Waals surface area contributed by atoms with Gasteiger partial charge in [0.05, 0.1) is 11.3 Å². The molecule has 0 saturated carbocycles. The third-order valence-electron chi connectivity index (χ3n) is 2.18. The maximum absolute atomic E-state index is 12.7. The van der Waals surface area contributed by atoms with E-state index in [1.807, 2.05) is 5.32 Å². The first-order chi connectivity index (χ1) is 8.77. The lowest BCUT2D eigenvalue weighted by molar-refractivity contribution is -0.136. The predicted octanol–water partition coefficient (Wildman–Crippen LogP) is 3.00. The lowest BCUT2D eigenvalue weighted by Gasteiger charge is -2.13. The van der Waals surface area contributed by atoms with E-state index in [-0.39, 0.29) is 0 Å². The zero-order chi connectivity index (χ0) is 14.6. The number of allylic oxidation sites excluding steroid dienone is 1. The van der Waals surface area contributed by atoms with Crippen molar-refractivity contribution < 1.29 is 23.1 Å². The summed E-state index contributed by atoms with van der Waals surface area (Å²) in [5, 5.41) is 19.6. The highest BCUT2D eigenvalue weighted by Gasteiger charge is 2.33. The normalized spacial score (nSPS) is 12.4. The second-order valence-corrected chi connectivity index (χ2v) is 3.57. The Labute approximate surface area is 106 Å². The number of aliphatic hydroxyl groups is 1. The molecule has 0 saturated heterocycles. The Morgan fingerprint density at radius 2 is 1.95 bits per heavy atom. The summed E-state index contributed by atoms with van der Waals surface area (Å²) in [6, 6.07) is 5.77. The van der Waals surface area contributed by atoms with E-state index < -0.39 is 34.7 Å². The van der Waals surface area contributed by atoms with Crippen LogP contribution < -0.4 is 5.32 Å². The van der Waals surface area contributed by atoms with Crippen molar-refractivity contribution in [3.8, 4) is 6.07 Å². The summed E-state index contributed by atoms with van der Waals surface area (Å²) in [6.07, 6.45) is -4.63. The summed E-state index contributed by atoms with van der Waals surface area (Å²) in [5.74, 6) is -1.66. The van der Waals surface area contributed by atoms with Gasteiger partial charge in [-0.3, -0.25) is 4.79 Å². The lowest BCUT2D eigenvalue weighted by atomic mass is 10.1. The summed E-state index contributed by atoms with van der Waals surface area (Å²) >= 11 is 0. The standard InChI is InChI=1S/C12H9F3N2O2/c1-7(18)8(6-16)11(19)17-10-5-3-2-4-9(10)12(13,14)15/h2-5,18H,1H3,(H,17,19). The van der Waals surface area contributed by atoms with Crippen molar-refractivity contribution in [2.75, 3.05) is 5.32 Å². The minimum Gasteiger partial charge on any atom is -0.511 e. The number of hydrogen-bond acceptors (Lipinski definition) is 3. The van der Waals surface area contributed by atoms with Crippen LogP contribution in [0.5, 0.6) is 0 Å². The molecule has 0 spiro atoms. The van der Waals surface area contributed by atoms with Crippen molar-refractivity contribution in [2.24, 2.45) is 0 Å². The summed E-state index contributed by atoms with van der Waals surface area (Å²) in [4.78, 5) is 11.5. The van der Waals surface area contributed by atoms with Crippen LogP contribution in [-0.4, -0.2) is 11.0 Å². The van der Waals surface area contributed by atoms with Gasteiger partial charge in [0.1, 0.15) is 11.8 Å². The molecule has 7 heteroatoms.